The normalized spacial score (nSPS) is 9.88. The van der Waals surface area contributed by atoms with Crippen molar-refractivity contribution in [3.8, 4) is 0 Å². The molecule has 0 saturated carbocycles. The third-order valence-electron chi connectivity index (χ3n) is 2.08. The van der Waals surface area contributed by atoms with E-state index in [4.69, 9.17) is 5.11 Å². The van der Waals surface area contributed by atoms with Crippen LogP contribution in [0.2, 0.25) is 0 Å². The Morgan fingerprint density at radius 1 is 1.24 bits per heavy atom. The van der Waals surface area contributed by atoms with Gasteiger partial charge in [0.05, 0.1) is 0 Å². The summed E-state index contributed by atoms with van der Waals surface area (Å²) in [4.78, 5) is 22.3. The number of anilines is 1. The molecule has 1 aromatic carbocycles. The summed E-state index contributed by atoms with van der Waals surface area (Å²) in [5, 5.41) is 17.1. The standard InChI is InChI=1S/C11H9N3O3/c15-10(7-4-2-1-3-5-7)12-9-6-8(11(16)17)13-14-9/h1-6H,(H,16,17)(H2,12,13,14,15). The van der Waals surface area contributed by atoms with Crippen molar-refractivity contribution >= 4 is 17.7 Å². The molecule has 0 fully saturated rings. The van der Waals surface area contributed by atoms with Crippen LogP contribution in [0.3, 0.4) is 0 Å². The quantitative estimate of drug-likeness (QED) is 0.743. The largest absolute Gasteiger partial charge is 0.476 e. The Morgan fingerprint density at radius 2 is 1.94 bits per heavy atom. The molecule has 1 heterocycles. The zero-order valence-corrected chi connectivity index (χ0v) is 8.68. The fourth-order valence-electron chi connectivity index (χ4n) is 1.28. The SMILES string of the molecule is O=C(Nc1cc(C(=O)O)n[nH]1)c1ccccc1. The van der Waals surface area contributed by atoms with E-state index in [0.29, 0.717) is 5.56 Å². The van der Waals surface area contributed by atoms with Crippen LogP contribution in [0.4, 0.5) is 5.82 Å². The summed E-state index contributed by atoms with van der Waals surface area (Å²) >= 11 is 0. The highest BCUT2D eigenvalue weighted by atomic mass is 16.4. The molecular weight excluding hydrogens is 222 g/mol. The Hall–Kier alpha value is -2.63. The molecule has 0 aliphatic rings. The summed E-state index contributed by atoms with van der Waals surface area (Å²) in [6.45, 7) is 0. The van der Waals surface area contributed by atoms with Gasteiger partial charge in [-0.25, -0.2) is 4.79 Å². The predicted octanol–water partition coefficient (Wildman–Crippen LogP) is 1.36. The van der Waals surface area contributed by atoms with Gasteiger partial charge in [-0.15, -0.1) is 0 Å². The van der Waals surface area contributed by atoms with E-state index in [9.17, 15) is 9.59 Å². The zero-order chi connectivity index (χ0) is 12.3. The monoisotopic (exact) mass is 231 g/mol. The number of carbonyl (C=O) groups excluding carboxylic acids is 1. The molecule has 0 atom stereocenters. The number of carbonyl (C=O) groups is 2. The number of nitrogens with one attached hydrogen (secondary N) is 2. The van der Waals surface area contributed by atoms with Crippen molar-refractivity contribution in [3.63, 3.8) is 0 Å². The Labute approximate surface area is 96.3 Å². The lowest BCUT2D eigenvalue weighted by Gasteiger charge is -2.00. The maximum Gasteiger partial charge on any atom is 0.356 e. The molecule has 0 saturated heterocycles. The number of rotatable bonds is 3. The third kappa shape index (κ3) is 2.49. The Kier molecular flexibility index (Phi) is 2.87. The molecule has 0 aliphatic heterocycles. The smallest absolute Gasteiger partial charge is 0.356 e. The van der Waals surface area contributed by atoms with Crippen LogP contribution in [0.25, 0.3) is 0 Å². The number of hydrogen-bond donors (Lipinski definition) is 3. The van der Waals surface area contributed by atoms with Crippen LogP contribution in [-0.4, -0.2) is 27.2 Å². The Bertz CT molecular complexity index is 548. The molecule has 17 heavy (non-hydrogen) atoms. The molecule has 0 spiro atoms. The van der Waals surface area contributed by atoms with Gasteiger partial charge in [0.15, 0.2) is 5.69 Å². The minimum absolute atomic E-state index is 0.145. The average Bonchev–Trinajstić information content (AvgIpc) is 2.79. The zero-order valence-electron chi connectivity index (χ0n) is 8.68. The van der Waals surface area contributed by atoms with E-state index in [1.54, 1.807) is 30.3 Å². The van der Waals surface area contributed by atoms with Crippen LogP contribution in [0.15, 0.2) is 36.4 Å². The van der Waals surface area contributed by atoms with Gasteiger partial charge in [0.1, 0.15) is 5.82 Å². The molecule has 1 aromatic heterocycles. The maximum absolute atomic E-state index is 11.7. The van der Waals surface area contributed by atoms with Crippen molar-refractivity contribution in [1.82, 2.24) is 10.2 Å². The molecular formula is C11H9N3O3. The summed E-state index contributed by atoms with van der Waals surface area (Å²) in [6, 6.07) is 9.85. The maximum atomic E-state index is 11.7. The van der Waals surface area contributed by atoms with Crippen molar-refractivity contribution in [1.29, 1.82) is 0 Å². The molecule has 0 bridgehead atoms. The number of hydrogen-bond acceptors (Lipinski definition) is 3. The van der Waals surface area contributed by atoms with Crippen molar-refractivity contribution in [2.75, 3.05) is 5.32 Å². The fourth-order valence-corrected chi connectivity index (χ4v) is 1.28. The minimum Gasteiger partial charge on any atom is -0.476 e. The second-order valence-electron chi connectivity index (χ2n) is 3.29. The van der Waals surface area contributed by atoms with Gasteiger partial charge < -0.3 is 10.4 Å². The highest BCUT2D eigenvalue weighted by Gasteiger charge is 2.10. The average molecular weight is 231 g/mol. The van der Waals surface area contributed by atoms with E-state index in [-0.39, 0.29) is 17.4 Å². The van der Waals surface area contributed by atoms with Crippen LogP contribution < -0.4 is 5.32 Å². The molecule has 1 amide bonds. The summed E-state index contributed by atoms with van der Waals surface area (Å²) in [5.41, 5.74) is 0.340. The van der Waals surface area contributed by atoms with Gasteiger partial charge in [-0.2, -0.15) is 5.10 Å². The van der Waals surface area contributed by atoms with E-state index in [0.717, 1.165) is 0 Å². The molecule has 0 unspecified atom stereocenters. The number of benzene rings is 1. The van der Waals surface area contributed by atoms with E-state index in [1.165, 1.54) is 6.07 Å². The first kappa shape index (κ1) is 10.9. The van der Waals surface area contributed by atoms with Crippen molar-refractivity contribution in [2.45, 2.75) is 0 Å². The number of carboxylic acids is 1. The lowest BCUT2D eigenvalue weighted by molar-refractivity contribution is 0.0690. The van der Waals surface area contributed by atoms with Crippen LogP contribution in [-0.2, 0) is 0 Å². The topological polar surface area (TPSA) is 95.1 Å². The van der Waals surface area contributed by atoms with E-state index in [2.05, 4.69) is 15.5 Å². The van der Waals surface area contributed by atoms with Gasteiger partial charge in [-0.3, -0.25) is 9.89 Å². The molecule has 86 valence electrons. The second-order valence-corrected chi connectivity index (χ2v) is 3.29. The highest BCUT2D eigenvalue weighted by molar-refractivity contribution is 6.04. The van der Waals surface area contributed by atoms with Crippen LogP contribution in [0.5, 0.6) is 0 Å². The van der Waals surface area contributed by atoms with Gasteiger partial charge >= 0.3 is 5.97 Å². The number of carboxylic acid groups (broad SMARTS) is 1. The predicted molar refractivity (Wildman–Crippen MR) is 59.9 cm³/mol. The van der Waals surface area contributed by atoms with Gasteiger partial charge in [0.25, 0.3) is 5.91 Å². The Balaban J connectivity index is 2.11. The summed E-state index contributed by atoms with van der Waals surface area (Å²) in [6.07, 6.45) is 0. The Morgan fingerprint density at radius 3 is 2.53 bits per heavy atom. The lowest BCUT2D eigenvalue weighted by Crippen LogP contribution is -2.11. The summed E-state index contributed by atoms with van der Waals surface area (Å²) < 4.78 is 0. The van der Waals surface area contributed by atoms with Crippen LogP contribution in [0, 0.1) is 0 Å². The van der Waals surface area contributed by atoms with E-state index in [1.807, 2.05) is 0 Å². The van der Waals surface area contributed by atoms with Crippen LogP contribution in [0.1, 0.15) is 20.8 Å². The number of aromatic nitrogens is 2. The first-order chi connectivity index (χ1) is 8.16. The highest BCUT2D eigenvalue weighted by Crippen LogP contribution is 2.08. The fraction of sp³-hybridized carbons (Fsp3) is 0. The first-order valence-electron chi connectivity index (χ1n) is 4.82. The molecule has 0 aliphatic carbocycles. The lowest BCUT2D eigenvalue weighted by atomic mass is 10.2. The number of aromatic carboxylic acids is 1. The molecule has 6 heteroatoms. The summed E-state index contributed by atoms with van der Waals surface area (Å²) in [5.74, 6) is -1.23. The van der Waals surface area contributed by atoms with Gasteiger partial charge in [0.2, 0.25) is 0 Å². The van der Waals surface area contributed by atoms with Crippen molar-refractivity contribution < 1.29 is 14.7 Å². The number of amides is 1. The minimum atomic E-state index is -1.15. The van der Waals surface area contributed by atoms with Gasteiger partial charge in [-0.05, 0) is 12.1 Å². The van der Waals surface area contributed by atoms with Crippen molar-refractivity contribution in [2.24, 2.45) is 0 Å². The van der Waals surface area contributed by atoms with E-state index < -0.39 is 5.97 Å². The molecule has 0 radical (unpaired) electrons. The summed E-state index contributed by atoms with van der Waals surface area (Å²) in [7, 11) is 0. The number of aromatic amines is 1. The molecule has 3 N–H and O–H groups in total. The molecule has 6 nitrogen and oxygen atoms in total. The van der Waals surface area contributed by atoms with Gasteiger partial charge in [0, 0.05) is 11.6 Å². The van der Waals surface area contributed by atoms with Crippen LogP contribution >= 0.6 is 0 Å². The van der Waals surface area contributed by atoms with Crippen molar-refractivity contribution in [3.05, 3.63) is 47.7 Å². The first-order valence-corrected chi connectivity index (χ1v) is 4.82. The van der Waals surface area contributed by atoms with E-state index >= 15 is 0 Å². The van der Waals surface area contributed by atoms with Gasteiger partial charge in [-0.1, -0.05) is 18.2 Å². The molecule has 2 rings (SSSR count). The third-order valence-corrected chi connectivity index (χ3v) is 2.08. The number of H-pyrrole nitrogens is 1. The second kappa shape index (κ2) is 4.48. The molecule has 2 aromatic rings. The number of nitrogens with zero attached hydrogens (tertiary/aromatic N) is 1.